The SMILES string of the molecule is CC(C)c1cccc(C(C)C)c1NC(=O)CNS(=O)(=O)c1ccccc1. The first-order chi connectivity index (χ1) is 12.2. The molecule has 26 heavy (non-hydrogen) atoms. The highest BCUT2D eigenvalue weighted by atomic mass is 32.2. The van der Waals surface area contributed by atoms with E-state index >= 15 is 0 Å². The van der Waals surface area contributed by atoms with Gasteiger partial charge in [0.25, 0.3) is 0 Å². The number of carbonyl (C=O) groups is 1. The van der Waals surface area contributed by atoms with Crippen LogP contribution in [0.5, 0.6) is 0 Å². The van der Waals surface area contributed by atoms with Crippen molar-refractivity contribution in [3.8, 4) is 0 Å². The van der Waals surface area contributed by atoms with Crippen molar-refractivity contribution in [3.05, 3.63) is 59.7 Å². The first kappa shape index (κ1) is 20.1. The second kappa shape index (κ2) is 8.47. The van der Waals surface area contributed by atoms with Crippen LogP contribution in [0.2, 0.25) is 0 Å². The summed E-state index contributed by atoms with van der Waals surface area (Å²) in [6.45, 7) is 7.93. The van der Waals surface area contributed by atoms with Crippen LogP contribution >= 0.6 is 0 Å². The van der Waals surface area contributed by atoms with Crippen LogP contribution in [0, 0.1) is 0 Å². The molecule has 2 aromatic rings. The molecule has 0 aromatic heterocycles. The number of benzene rings is 2. The molecule has 2 aromatic carbocycles. The fourth-order valence-corrected chi connectivity index (χ4v) is 3.73. The fraction of sp³-hybridized carbons (Fsp3) is 0.350. The highest BCUT2D eigenvalue weighted by Crippen LogP contribution is 2.32. The van der Waals surface area contributed by atoms with Crippen molar-refractivity contribution in [2.45, 2.75) is 44.4 Å². The Bertz CT molecular complexity index is 834. The summed E-state index contributed by atoms with van der Waals surface area (Å²) in [4.78, 5) is 12.5. The average molecular weight is 375 g/mol. The molecule has 0 aliphatic rings. The van der Waals surface area contributed by atoms with E-state index in [2.05, 4.69) is 37.7 Å². The summed E-state index contributed by atoms with van der Waals surface area (Å²) in [5, 5.41) is 2.90. The van der Waals surface area contributed by atoms with Crippen LogP contribution in [-0.4, -0.2) is 20.9 Å². The molecular weight excluding hydrogens is 348 g/mol. The predicted octanol–water partition coefficient (Wildman–Crippen LogP) is 3.85. The molecule has 0 fully saturated rings. The van der Waals surface area contributed by atoms with Gasteiger partial charge in [-0.05, 0) is 35.1 Å². The highest BCUT2D eigenvalue weighted by Gasteiger charge is 2.18. The Morgan fingerprint density at radius 3 is 1.92 bits per heavy atom. The molecule has 6 heteroatoms. The molecule has 0 heterocycles. The number of hydrogen-bond donors (Lipinski definition) is 2. The van der Waals surface area contributed by atoms with Crippen molar-refractivity contribution in [1.29, 1.82) is 0 Å². The Kier molecular flexibility index (Phi) is 6.56. The lowest BCUT2D eigenvalue weighted by atomic mass is 9.92. The van der Waals surface area contributed by atoms with Crippen molar-refractivity contribution in [2.24, 2.45) is 0 Å². The lowest BCUT2D eigenvalue weighted by molar-refractivity contribution is -0.115. The molecule has 0 aliphatic heterocycles. The van der Waals surface area contributed by atoms with Gasteiger partial charge in [-0.1, -0.05) is 64.1 Å². The molecule has 0 aliphatic carbocycles. The van der Waals surface area contributed by atoms with Gasteiger partial charge in [0, 0.05) is 5.69 Å². The van der Waals surface area contributed by atoms with Gasteiger partial charge in [-0.3, -0.25) is 4.79 Å². The number of rotatable bonds is 7. The van der Waals surface area contributed by atoms with Gasteiger partial charge in [0.05, 0.1) is 11.4 Å². The van der Waals surface area contributed by atoms with Crippen LogP contribution in [0.15, 0.2) is 53.4 Å². The zero-order valence-electron chi connectivity index (χ0n) is 15.6. The lowest BCUT2D eigenvalue weighted by Crippen LogP contribution is -2.33. The molecule has 2 N–H and O–H groups in total. The molecule has 0 saturated carbocycles. The van der Waals surface area contributed by atoms with Crippen molar-refractivity contribution >= 4 is 21.6 Å². The largest absolute Gasteiger partial charge is 0.324 e. The predicted molar refractivity (Wildman–Crippen MR) is 105 cm³/mol. The number of para-hydroxylation sites is 1. The average Bonchev–Trinajstić information content (AvgIpc) is 2.60. The minimum absolute atomic E-state index is 0.137. The van der Waals surface area contributed by atoms with Crippen molar-refractivity contribution in [3.63, 3.8) is 0 Å². The third kappa shape index (κ3) is 4.93. The Hall–Kier alpha value is -2.18. The quantitative estimate of drug-likeness (QED) is 0.773. The maximum absolute atomic E-state index is 12.4. The molecule has 5 nitrogen and oxygen atoms in total. The molecule has 140 valence electrons. The van der Waals surface area contributed by atoms with Crippen LogP contribution in [0.25, 0.3) is 0 Å². The van der Waals surface area contributed by atoms with Gasteiger partial charge in [-0.15, -0.1) is 0 Å². The van der Waals surface area contributed by atoms with Gasteiger partial charge in [0.15, 0.2) is 0 Å². The topological polar surface area (TPSA) is 75.3 Å². The lowest BCUT2D eigenvalue weighted by Gasteiger charge is -2.20. The summed E-state index contributed by atoms with van der Waals surface area (Å²) in [5.74, 6) is 0.0922. The maximum Gasteiger partial charge on any atom is 0.241 e. The van der Waals surface area contributed by atoms with Gasteiger partial charge in [0.2, 0.25) is 15.9 Å². The monoisotopic (exact) mass is 374 g/mol. The van der Waals surface area contributed by atoms with E-state index in [9.17, 15) is 13.2 Å². The number of nitrogens with one attached hydrogen (secondary N) is 2. The van der Waals surface area contributed by atoms with E-state index in [0.717, 1.165) is 16.8 Å². The summed E-state index contributed by atoms with van der Waals surface area (Å²) >= 11 is 0. The Morgan fingerprint density at radius 1 is 0.885 bits per heavy atom. The van der Waals surface area contributed by atoms with E-state index in [1.807, 2.05) is 18.2 Å². The summed E-state index contributed by atoms with van der Waals surface area (Å²) in [7, 11) is -3.71. The highest BCUT2D eigenvalue weighted by molar-refractivity contribution is 7.89. The summed E-state index contributed by atoms with van der Waals surface area (Å²) < 4.78 is 26.8. The van der Waals surface area contributed by atoms with E-state index in [4.69, 9.17) is 0 Å². The van der Waals surface area contributed by atoms with E-state index < -0.39 is 10.0 Å². The smallest absolute Gasteiger partial charge is 0.241 e. The van der Waals surface area contributed by atoms with E-state index in [-0.39, 0.29) is 29.2 Å². The second-order valence-electron chi connectivity index (χ2n) is 6.81. The van der Waals surface area contributed by atoms with Crippen LogP contribution in [0.4, 0.5) is 5.69 Å². The third-order valence-corrected chi connectivity index (χ3v) is 5.53. The fourth-order valence-electron chi connectivity index (χ4n) is 2.72. The number of anilines is 1. The second-order valence-corrected chi connectivity index (χ2v) is 8.57. The summed E-state index contributed by atoms with van der Waals surface area (Å²) in [6, 6.07) is 14.0. The first-order valence-electron chi connectivity index (χ1n) is 8.69. The van der Waals surface area contributed by atoms with Gasteiger partial charge in [-0.25, -0.2) is 13.1 Å². The Labute approximate surface area is 155 Å². The molecular formula is C20H26N2O3S. The zero-order chi connectivity index (χ0) is 19.3. The first-order valence-corrected chi connectivity index (χ1v) is 10.2. The van der Waals surface area contributed by atoms with Gasteiger partial charge < -0.3 is 5.32 Å². The minimum atomic E-state index is -3.71. The number of sulfonamides is 1. The standard InChI is InChI=1S/C20H26N2O3S/c1-14(2)17-11-8-12-18(15(3)4)20(17)22-19(23)13-21-26(24,25)16-9-6-5-7-10-16/h5-12,14-15,21H,13H2,1-4H3,(H,22,23). The van der Waals surface area contributed by atoms with Crippen molar-refractivity contribution in [1.82, 2.24) is 4.72 Å². The van der Waals surface area contributed by atoms with E-state index in [1.165, 1.54) is 12.1 Å². The summed E-state index contributed by atoms with van der Waals surface area (Å²) in [6.07, 6.45) is 0. The molecule has 1 amide bonds. The van der Waals surface area contributed by atoms with E-state index in [0.29, 0.717) is 0 Å². The Balaban J connectivity index is 2.16. The minimum Gasteiger partial charge on any atom is -0.324 e. The van der Waals surface area contributed by atoms with Gasteiger partial charge >= 0.3 is 0 Å². The van der Waals surface area contributed by atoms with Gasteiger partial charge in [-0.2, -0.15) is 0 Å². The molecule has 0 saturated heterocycles. The third-order valence-electron chi connectivity index (χ3n) is 4.11. The summed E-state index contributed by atoms with van der Waals surface area (Å²) in [5.41, 5.74) is 2.85. The normalized spacial score (nSPS) is 11.8. The molecule has 0 bridgehead atoms. The molecule has 0 spiro atoms. The van der Waals surface area contributed by atoms with Crippen LogP contribution in [0.3, 0.4) is 0 Å². The molecule has 0 atom stereocenters. The van der Waals surface area contributed by atoms with Crippen LogP contribution in [0.1, 0.15) is 50.7 Å². The number of amides is 1. The molecule has 2 rings (SSSR count). The Morgan fingerprint density at radius 2 is 1.42 bits per heavy atom. The van der Waals surface area contributed by atoms with Crippen LogP contribution in [-0.2, 0) is 14.8 Å². The number of hydrogen-bond acceptors (Lipinski definition) is 3. The molecule has 0 radical (unpaired) electrons. The van der Waals surface area contributed by atoms with Crippen LogP contribution < -0.4 is 10.0 Å². The van der Waals surface area contributed by atoms with Crippen molar-refractivity contribution in [2.75, 3.05) is 11.9 Å². The molecule has 0 unspecified atom stereocenters. The van der Waals surface area contributed by atoms with E-state index in [1.54, 1.807) is 18.2 Å². The maximum atomic E-state index is 12.4. The zero-order valence-corrected chi connectivity index (χ0v) is 16.4. The van der Waals surface area contributed by atoms with Crippen molar-refractivity contribution < 1.29 is 13.2 Å². The van der Waals surface area contributed by atoms with Gasteiger partial charge in [0.1, 0.15) is 0 Å². The number of carbonyl (C=O) groups excluding carboxylic acids is 1.